The van der Waals surface area contributed by atoms with Crippen LogP contribution in [0.4, 0.5) is 5.82 Å². The molecule has 23 heavy (non-hydrogen) atoms. The quantitative estimate of drug-likeness (QED) is 0.627. The number of hydrogen-bond donors (Lipinski definition) is 1. The number of rotatable bonds is 3. The molecule has 4 aromatic rings. The molecule has 0 radical (unpaired) electrons. The number of aromatic nitrogens is 5. The van der Waals surface area contributed by atoms with Gasteiger partial charge in [0.1, 0.15) is 5.82 Å². The van der Waals surface area contributed by atoms with Crippen LogP contribution in [0.1, 0.15) is 11.1 Å². The van der Waals surface area contributed by atoms with Gasteiger partial charge in [0, 0.05) is 17.8 Å². The summed E-state index contributed by atoms with van der Waals surface area (Å²) < 4.78 is 1.84. The lowest BCUT2D eigenvalue weighted by atomic mass is 10.1. The fourth-order valence-electron chi connectivity index (χ4n) is 2.37. The molecule has 0 saturated heterocycles. The number of anilines is 1. The summed E-state index contributed by atoms with van der Waals surface area (Å²) in [5.74, 6) is 0.945. The smallest absolute Gasteiger partial charge is 0.192 e. The molecule has 0 fully saturated rings. The number of nitrogens with zero attached hydrogens (tertiary/aromatic N) is 5. The van der Waals surface area contributed by atoms with Crippen molar-refractivity contribution in [3.63, 3.8) is 0 Å². The summed E-state index contributed by atoms with van der Waals surface area (Å²) in [6.07, 6.45) is 3.61. The van der Waals surface area contributed by atoms with E-state index >= 15 is 0 Å². The molecule has 0 aliphatic carbocycles. The van der Waals surface area contributed by atoms with Gasteiger partial charge in [-0.2, -0.15) is 5.10 Å². The molecule has 0 atom stereocenters. The predicted octanol–water partition coefficient (Wildman–Crippen LogP) is 2.89. The van der Waals surface area contributed by atoms with Crippen molar-refractivity contribution >= 4 is 28.2 Å². The van der Waals surface area contributed by atoms with Crippen LogP contribution in [0.2, 0.25) is 0 Å². The SMILES string of the molecule is Cc1ccc(Cn2cc3c(N)nc(-c4nccs4)nc3n2)cc1. The molecular formula is C16H14N6S. The summed E-state index contributed by atoms with van der Waals surface area (Å²) in [6, 6.07) is 8.37. The number of thiazole rings is 1. The van der Waals surface area contributed by atoms with E-state index in [1.807, 2.05) is 16.3 Å². The van der Waals surface area contributed by atoms with Gasteiger partial charge in [-0.15, -0.1) is 11.3 Å². The van der Waals surface area contributed by atoms with E-state index in [9.17, 15) is 0 Å². The van der Waals surface area contributed by atoms with Crippen molar-refractivity contribution in [2.45, 2.75) is 13.5 Å². The lowest BCUT2D eigenvalue weighted by Crippen LogP contribution is -2.00. The van der Waals surface area contributed by atoms with Gasteiger partial charge in [-0.25, -0.2) is 15.0 Å². The van der Waals surface area contributed by atoms with E-state index in [0.29, 0.717) is 23.8 Å². The van der Waals surface area contributed by atoms with E-state index in [1.54, 1.807) is 6.20 Å². The molecule has 3 aromatic heterocycles. The highest BCUT2D eigenvalue weighted by Gasteiger charge is 2.12. The third kappa shape index (κ3) is 2.66. The minimum Gasteiger partial charge on any atom is -0.383 e. The number of aryl methyl sites for hydroxylation is 1. The van der Waals surface area contributed by atoms with Crippen LogP contribution in [-0.2, 0) is 6.54 Å². The molecule has 0 amide bonds. The predicted molar refractivity (Wildman–Crippen MR) is 91.1 cm³/mol. The van der Waals surface area contributed by atoms with Crippen molar-refractivity contribution in [1.29, 1.82) is 0 Å². The van der Waals surface area contributed by atoms with Crippen LogP contribution in [0.3, 0.4) is 0 Å². The Morgan fingerprint density at radius 1 is 1.17 bits per heavy atom. The van der Waals surface area contributed by atoms with Gasteiger partial charge in [0.15, 0.2) is 16.5 Å². The Kier molecular flexibility index (Phi) is 3.27. The Balaban J connectivity index is 1.72. The van der Waals surface area contributed by atoms with Gasteiger partial charge in [-0.3, -0.25) is 4.68 Å². The first-order valence-electron chi connectivity index (χ1n) is 7.15. The molecule has 114 valence electrons. The number of nitrogens with two attached hydrogens (primary N) is 1. The van der Waals surface area contributed by atoms with Gasteiger partial charge in [-0.1, -0.05) is 29.8 Å². The Labute approximate surface area is 136 Å². The Morgan fingerprint density at radius 3 is 2.74 bits per heavy atom. The molecule has 4 rings (SSSR count). The van der Waals surface area contributed by atoms with Gasteiger partial charge in [0.2, 0.25) is 0 Å². The summed E-state index contributed by atoms with van der Waals surface area (Å²) in [7, 11) is 0. The van der Waals surface area contributed by atoms with E-state index < -0.39 is 0 Å². The third-order valence-electron chi connectivity index (χ3n) is 3.55. The highest BCUT2D eigenvalue weighted by Crippen LogP contribution is 2.23. The van der Waals surface area contributed by atoms with Crippen molar-refractivity contribution in [2.24, 2.45) is 0 Å². The van der Waals surface area contributed by atoms with Crippen LogP contribution in [-0.4, -0.2) is 24.7 Å². The normalized spacial score (nSPS) is 11.2. The summed E-state index contributed by atoms with van der Waals surface area (Å²) in [4.78, 5) is 13.0. The summed E-state index contributed by atoms with van der Waals surface area (Å²) in [5.41, 5.74) is 9.07. The highest BCUT2D eigenvalue weighted by molar-refractivity contribution is 7.13. The molecule has 6 nitrogen and oxygen atoms in total. The number of hydrogen-bond acceptors (Lipinski definition) is 6. The molecule has 0 saturated carbocycles. The van der Waals surface area contributed by atoms with E-state index in [2.05, 4.69) is 51.2 Å². The van der Waals surface area contributed by atoms with Crippen LogP contribution in [0, 0.1) is 6.92 Å². The van der Waals surface area contributed by atoms with Crippen molar-refractivity contribution in [2.75, 3.05) is 5.73 Å². The largest absolute Gasteiger partial charge is 0.383 e. The van der Waals surface area contributed by atoms with Crippen LogP contribution >= 0.6 is 11.3 Å². The summed E-state index contributed by atoms with van der Waals surface area (Å²) in [5, 5.41) is 7.91. The molecular weight excluding hydrogens is 308 g/mol. The second kappa shape index (κ2) is 5.44. The molecule has 0 aliphatic rings. The first-order valence-corrected chi connectivity index (χ1v) is 8.03. The molecule has 0 spiro atoms. The van der Waals surface area contributed by atoms with E-state index in [-0.39, 0.29) is 0 Å². The molecule has 0 bridgehead atoms. The van der Waals surface area contributed by atoms with Crippen LogP contribution in [0.15, 0.2) is 42.0 Å². The molecule has 1 aromatic carbocycles. The zero-order chi connectivity index (χ0) is 15.8. The summed E-state index contributed by atoms with van der Waals surface area (Å²) in [6.45, 7) is 2.74. The molecule has 0 aliphatic heterocycles. The molecule has 0 unspecified atom stereocenters. The van der Waals surface area contributed by atoms with Crippen LogP contribution in [0.5, 0.6) is 0 Å². The van der Waals surface area contributed by atoms with Gasteiger partial charge < -0.3 is 5.73 Å². The van der Waals surface area contributed by atoms with Gasteiger partial charge in [0.25, 0.3) is 0 Å². The number of benzene rings is 1. The van der Waals surface area contributed by atoms with E-state index in [0.717, 1.165) is 10.4 Å². The maximum Gasteiger partial charge on any atom is 0.192 e. The van der Waals surface area contributed by atoms with Crippen molar-refractivity contribution in [3.05, 3.63) is 53.2 Å². The standard InChI is InChI=1S/C16H14N6S/c1-10-2-4-11(5-3-10)8-22-9-12-13(17)19-15(20-14(12)21-22)16-18-6-7-23-16/h2-7,9H,8H2,1H3,(H2,17,19,20,21). The number of nitrogen functional groups attached to an aromatic ring is 1. The molecule has 7 heteroatoms. The lowest BCUT2D eigenvalue weighted by molar-refractivity contribution is 0.693. The average molecular weight is 322 g/mol. The minimum atomic E-state index is 0.426. The van der Waals surface area contributed by atoms with Gasteiger partial charge in [-0.05, 0) is 12.5 Å². The second-order valence-corrected chi connectivity index (χ2v) is 6.21. The zero-order valence-corrected chi connectivity index (χ0v) is 13.3. The average Bonchev–Trinajstić information content (AvgIpc) is 3.19. The topological polar surface area (TPSA) is 82.5 Å². The first-order chi connectivity index (χ1) is 11.2. The van der Waals surface area contributed by atoms with Crippen LogP contribution in [0.25, 0.3) is 21.9 Å². The van der Waals surface area contributed by atoms with Gasteiger partial charge >= 0.3 is 0 Å². The first kappa shape index (κ1) is 13.8. The molecule has 3 heterocycles. The van der Waals surface area contributed by atoms with Gasteiger partial charge in [0.05, 0.1) is 11.9 Å². The monoisotopic (exact) mass is 322 g/mol. The van der Waals surface area contributed by atoms with Crippen molar-refractivity contribution in [1.82, 2.24) is 24.7 Å². The fraction of sp³-hybridized carbons (Fsp3) is 0.125. The van der Waals surface area contributed by atoms with Crippen molar-refractivity contribution < 1.29 is 0 Å². The maximum atomic E-state index is 6.06. The lowest BCUT2D eigenvalue weighted by Gasteiger charge is -2.01. The highest BCUT2D eigenvalue weighted by atomic mass is 32.1. The minimum absolute atomic E-state index is 0.426. The summed E-state index contributed by atoms with van der Waals surface area (Å²) >= 11 is 1.48. The van der Waals surface area contributed by atoms with Crippen LogP contribution < -0.4 is 5.73 Å². The maximum absolute atomic E-state index is 6.06. The van der Waals surface area contributed by atoms with E-state index in [4.69, 9.17) is 5.73 Å². The Hall–Kier alpha value is -2.80. The van der Waals surface area contributed by atoms with E-state index in [1.165, 1.54) is 22.5 Å². The molecule has 2 N–H and O–H groups in total. The second-order valence-electron chi connectivity index (χ2n) is 5.32. The van der Waals surface area contributed by atoms with Crippen molar-refractivity contribution in [3.8, 4) is 10.8 Å². The third-order valence-corrected chi connectivity index (χ3v) is 4.31. The zero-order valence-electron chi connectivity index (χ0n) is 12.5. The number of fused-ring (bicyclic) bond motifs is 1. The Bertz CT molecular complexity index is 956. The Morgan fingerprint density at radius 2 is 2.00 bits per heavy atom. The fourth-order valence-corrected chi connectivity index (χ4v) is 2.93.